The summed E-state index contributed by atoms with van der Waals surface area (Å²) in [6.45, 7) is 3.80. The van der Waals surface area contributed by atoms with Gasteiger partial charge in [0.1, 0.15) is 11.8 Å². The Morgan fingerprint density at radius 1 is 1.19 bits per heavy atom. The maximum Gasteiger partial charge on any atom is 0.261 e. The van der Waals surface area contributed by atoms with Crippen LogP contribution in [-0.2, 0) is 16.1 Å². The van der Waals surface area contributed by atoms with Crippen LogP contribution in [0.25, 0.3) is 0 Å². The largest absolute Gasteiger partial charge is 0.482 e. The number of nitrogens with zero attached hydrogens (tertiary/aromatic N) is 1. The summed E-state index contributed by atoms with van der Waals surface area (Å²) in [5.74, 6) is -0.0862. The highest BCUT2D eigenvalue weighted by Gasteiger charge is 2.26. The van der Waals surface area contributed by atoms with Crippen LogP contribution in [0, 0.1) is 6.92 Å². The Morgan fingerprint density at radius 2 is 1.92 bits per heavy atom. The summed E-state index contributed by atoms with van der Waals surface area (Å²) in [5.41, 5.74) is 2.04. The van der Waals surface area contributed by atoms with Crippen LogP contribution in [-0.4, -0.2) is 36.4 Å². The van der Waals surface area contributed by atoms with E-state index in [1.54, 1.807) is 38.2 Å². The van der Waals surface area contributed by atoms with Gasteiger partial charge in [0.25, 0.3) is 5.91 Å². The van der Waals surface area contributed by atoms with Gasteiger partial charge in [-0.3, -0.25) is 9.59 Å². The fourth-order valence-corrected chi connectivity index (χ4v) is 2.77. The number of amides is 2. The van der Waals surface area contributed by atoms with Crippen molar-refractivity contribution in [2.75, 3.05) is 13.7 Å². The van der Waals surface area contributed by atoms with Gasteiger partial charge in [0.15, 0.2) is 6.61 Å². The van der Waals surface area contributed by atoms with E-state index in [-0.39, 0.29) is 18.4 Å². The number of hydrogen-bond acceptors (Lipinski definition) is 3. The number of carbonyl (C=O) groups excluding carboxylic acids is 2. The predicted octanol–water partition coefficient (Wildman–Crippen LogP) is 3.19. The Balaban J connectivity index is 2.15. The van der Waals surface area contributed by atoms with Crippen molar-refractivity contribution in [1.29, 1.82) is 0 Å². The third kappa shape index (κ3) is 5.23. The summed E-state index contributed by atoms with van der Waals surface area (Å²) in [7, 11) is 1.55. The Hall–Kier alpha value is -2.53. The molecule has 2 amide bonds. The molecule has 6 heteroatoms. The summed E-state index contributed by atoms with van der Waals surface area (Å²) in [4.78, 5) is 26.3. The third-order valence-corrected chi connectivity index (χ3v) is 4.35. The smallest absolute Gasteiger partial charge is 0.261 e. The van der Waals surface area contributed by atoms with Crippen molar-refractivity contribution < 1.29 is 14.3 Å². The second-order valence-corrected chi connectivity index (χ2v) is 6.43. The summed E-state index contributed by atoms with van der Waals surface area (Å²) >= 11 is 6.06. The highest BCUT2D eigenvalue weighted by atomic mass is 35.5. The molecule has 26 heavy (non-hydrogen) atoms. The molecule has 2 aromatic rings. The van der Waals surface area contributed by atoms with Crippen molar-refractivity contribution >= 4 is 23.4 Å². The average molecular weight is 375 g/mol. The lowest BCUT2D eigenvalue weighted by Gasteiger charge is -2.28. The number of hydrogen-bond donors (Lipinski definition) is 1. The first-order chi connectivity index (χ1) is 12.4. The molecular weight excluding hydrogens is 352 g/mol. The van der Waals surface area contributed by atoms with Crippen molar-refractivity contribution in [3.63, 3.8) is 0 Å². The Morgan fingerprint density at radius 3 is 2.58 bits per heavy atom. The molecule has 0 aromatic heterocycles. The van der Waals surface area contributed by atoms with E-state index in [1.807, 2.05) is 31.2 Å². The van der Waals surface area contributed by atoms with Crippen molar-refractivity contribution in [2.45, 2.75) is 26.4 Å². The van der Waals surface area contributed by atoms with Crippen LogP contribution in [0.15, 0.2) is 48.5 Å². The van der Waals surface area contributed by atoms with Crippen LogP contribution in [0.4, 0.5) is 0 Å². The molecule has 0 saturated carbocycles. The number of benzene rings is 2. The normalized spacial score (nSPS) is 11.5. The maximum atomic E-state index is 12.8. The molecule has 0 radical (unpaired) electrons. The predicted molar refractivity (Wildman–Crippen MR) is 102 cm³/mol. The van der Waals surface area contributed by atoms with E-state index in [4.69, 9.17) is 16.3 Å². The van der Waals surface area contributed by atoms with Gasteiger partial charge in [-0.1, -0.05) is 53.6 Å². The minimum absolute atomic E-state index is 0.198. The second kappa shape index (κ2) is 9.25. The van der Waals surface area contributed by atoms with E-state index in [0.717, 1.165) is 11.1 Å². The molecule has 0 heterocycles. The molecule has 0 spiro atoms. The van der Waals surface area contributed by atoms with Crippen LogP contribution in [0.2, 0.25) is 5.02 Å². The zero-order chi connectivity index (χ0) is 19.1. The zero-order valence-electron chi connectivity index (χ0n) is 15.2. The van der Waals surface area contributed by atoms with Gasteiger partial charge in [0.2, 0.25) is 5.91 Å². The van der Waals surface area contributed by atoms with Crippen LogP contribution in [0.1, 0.15) is 18.1 Å². The molecule has 0 fully saturated rings. The van der Waals surface area contributed by atoms with E-state index in [2.05, 4.69) is 5.32 Å². The van der Waals surface area contributed by atoms with E-state index in [0.29, 0.717) is 17.3 Å². The lowest BCUT2D eigenvalue weighted by Crippen LogP contribution is -2.48. The monoisotopic (exact) mass is 374 g/mol. The molecule has 0 aliphatic rings. The first kappa shape index (κ1) is 19.8. The van der Waals surface area contributed by atoms with Crippen molar-refractivity contribution in [3.05, 3.63) is 64.7 Å². The Labute approximate surface area is 158 Å². The molecule has 5 nitrogen and oxygen atoms in total. The van der Waals surface area contributed by atoms with Crippen molar-refractivity contribution in [1.82, 2.24) is 10.2 Å². The molecular formula is C20H23ClN2O3. The molecule has 0 unspecified atom stereocenters. The van der Waals surface area contributed by atoms with Gasteiger partial charge in [0, 0.05) is 13.6 Å². The van der Waals surface area contributed by atoms with E-state index < -0.39 is 6.04 Å². The summed E-state index contributed by atoms with van der Waals surface area (Å²) < 4.78 is 5.55. The van der Waals surface area contributed by atoms with Crippen LogP contribution in [0.5, 0.6) is 5.75 Å². The second-order valence-electron chi connectivity index (χ2n) is 6.02. The van der Waals surface area contributed by atoms with Crippen LogP contribution < -0.4 is 10.1 Å². The lowest BCUT2D eigenvalue weighted by atomic mass is 10.1. The zero-order valence-corrected chi connectivity index (χ0v) is 15.9. The van der Waals surface area contributed by atoms with Gasteiger partial charge in [-0.05, 0) is 31.5 Å². The fourth-order valence-electron chi connectivity index (χ4n) is 2.58. The summed E-state index contributed by atoms with van der Waals surface area (Å²) in [5, 5.41) is 3.02. The summed E-state index contributed by atoms with van der Waals surface area (Å²) in [6.07, 6.45) is 0. The molecule has 138 valence electrons. The van der Waals surface area contributed by atoms with Gasteiger partial charge in [0.05, 0.1) is 5.02 Å². The number of rotatable bonds is 7. The third-order valence-electron chi connectivity index (χ3n) is 4.04. The standard InChI is InChI=1S/C20H23ClN2O3/c1-14-7-6-8-16(11-14)12-23(15(2)20(25)22-3)19(24)13-26-18-10-5-4-9-17(18)21/h4-11,15H,12-13H2,1-3H3,(H,22,25)/t15-/m0/s1. The number of para-hydroxylation sites is 1. The van der Waals surface area contributed by atoms with Gasteiger partial charge in [-0.2, -0.15) is 0 Å². The molecule has 2 aromatic carbocycles. The highest BCUT2D eigenvalue weighted by molar-refractivity contribution is 6.32. The highest BCUT2D eigenvalue weighted by Crippen LogP contribution is 2.23. The maximum absolute atomic E-state index is 12.8. The molecule has 0 aliphatic carbocycles. The number of likely N-dealkylation sites (N-methyl/N-ethyl adjacent to an activating group) is 1. The molecule has 0 aliphatic heterocycles. The minimum Gasteiger partial charge on any atom is -0.482 e. The quantitative estimate of drug-likeness (QED) is 0.809. The number of ether oxygens (including phenoxy) is 1. The summed E-state index contributed by atoms with van der Waals surface area (Å²) in [6, 6.07) is 14.2. The van der Waals surface area contributed by atoms with Crippen LogP contribution >= 0.6 is 11.6 Å². The van der Waals surface area contributed by atoms with E-state index >= 15 is 0 Å². The van der Waals surface area contributed by atoms with Crippen molar-refractivity contribution in [3.8, 4) is 5.75 Å². The van der Waals surface area contributed by atoms with Gasteiger partial charge in [-0.25, -0.2) is 0 Å². The Kier molecular flexibility index (Phi) is 7.04. The first-order valence-corrected chi connectivity index (χ1v) is 8.74. The minimum atomic E-state index is -0.622. The van der Waals surface area contributed by atoms with Crippen LogP contribution in [0.3, 0.4) is 0 Å². The molecule has 0 bridgehead atoms. The molecule has 0 saturated heterocycles. The number of halogens is 1. The topological polar surface area (TPSA) is 58.6 Å². The average Bonchev–Trinajstić information content (AvgIpc) is 2.64. The fraction of sp³-hybridized carbons (Fsp3) is 0.300. The Bertz CT molecular complexity index is 779. The number of nitrogens with one attached hydrogen (secondary N) is 1. The lowest BCUT2D eigenvalue weighted by molar-refractivity contribution is -0.142. The first-order valence-electron chi connectivity index (χ1n) is 8.36. The van der Waals surface area contributed by atoms with E-state index in [9.17, 15) is 9.59 Å². The van der Waals surface area contributed by atoms with E-state index in [1.165, 1.54) is 4.90 Å². The van der Waals surface area contributed by atoms with Gasteiger partial charge in [-0.15, -0.1) is 0 Å². The molecule has 1 N–H and O–H groups in total. The SMILES string of the molecule is CNC(=O)[C@H](C)N(Cc1cccc(C)c1)C(=O)COc1ccccc1Cl. The number of aryl methyl sites for hydroxylation is 1. The molecule has 2 rings (SSSR count). The van der Waals surface area contributed by atoms with Gasteiger partial charge < -0.3 is 15.0 Å². The van der Waals surface area contributed by atoms with Crippen molar-refractivity contribution in [2.24, 2.45) is 0 Å². The van der Waals surface area contributed by atoms with Gasteiger partial charge >= 0.3 is 0 Å². The molecule has 1 atom stereocenters. The number of carbonyl (C=O) groups is 2.